The molecule has 0 spiro atoms. The summed E-state index contributed by atoms with van der Waals surface area (Å²) < 4.78 is 1.88. The van der Waals surface area contributed by atoms with Crippen molar-refractivity contribution in [2.24, 2.45) is 5.92 Å². The van der Waals surface area contributed by atoms with Crippen molar-refractivity contribution < 1.29 is 10.1 Å². The van der Waals surface area contributed by atoms with Crippen molar-refractivity contribution in [3.63, 3.8) is 0 Å². The second-order valence-corrected chi connectivity index (χ2v) is 8.15. The van der Waals surface area contributed by atoms with Gasteiger partial charge in [0.15, 0.2) is 6.54 Å². The number of carbonyl (C=O) groups excluding carboxylic acids is 1. The van der Waals surface area contributed by atoms with Gasteiger partial charge in [-0.2, -0.15) is 5.10 Å². The molecule has 0 saturated heterocycles. The van der Waals surface area contributed by atoms with Gasteiger partial charge in [-0.1, -0.05) is 63.2 Å². The second kappa shape index (κ2) is 9.72. The van der Waals surface area contributed by atoms with Crippen molar-refractivity contribution in [1.82, 2.24) is 9.78 Å². The summed E-state index contributed by atoms with van der Waals surface area (Å²) in [5, 5.41) is 9.82. The molecule has 3 rings (SSSR count). The Hall–Kier alpha value is -2.92. The smallest absolute Gasteiger partial charge is 0.279 e. The van der Waals surface area contributed by atoms with Gasteiger partial charge in [0.05, 0.1) is 22.8 Å². The van der Waals surface area contributed by atoms with Crippen LogP contribution in [-0.4, -0.2) is 22.2 Å². The maximum atomic E-state index is 12.7. The summed E-state index contributed by atoms with van der Waals surface area (Å²) >= 11 is 0. The number of hydrogen-bond acceptors (Lipinski definition) is 2. The first-order valence-corrected chi connectivity index (χ1v) is 10.7. The van der Waals surface area contributed by atoms with Crippen LogP contribution in [0.25, 0.3) is 5.69 Å². The summed E-state index contributed by atoms with van der Waals surface area (Å²) in [4.78, 5) is 12.7. The number of para-hydroxylation sites is 1. The molecule has 1 atom stereocenters. The summed E-state index contributed by atoms with van der Waals surface area (Å²) in [5.74, 6) is 0.416. The number of aromatic nitrogens is 2. The molecule has 5 nitrogen and oxygen atoms in total. The van der Waals surface area contributed by atoms with Crippen LogP contribution in [-0.2, 0) is 11.2 Å². The van der Waals surface area contributed by atoms with Gasteiger partial charge in [-0.15, -0.1) is 0 Å². The Labute approximate surface area is 179 Å². The highest BCUT2D eigenvalue weighted by Crippen LogP contribution is 2.23. The Bertz CT molecular complexity index is 974. The highest BCUT2D eigenvalue weighted by molar-refractivity contribution is 5.92. The van der Waals surface area contributed by atoms with Crippen LogP contribution in [0.5, 0.6) is 0 Å². The fraction of sp³-hybridized carbons (Fsp3) is 0.360. The second-order valence-electron chi connectivity index (χ2n) is 8.15. The Morgan fingerprint density at radius 3 is 2.33 bits per heavy atom. The van der Waals surface area contributed by atoms with E-state index in [1.165, 1.54) is 11.1 Å². The summed E-state index contributed by atoms with van der Waals surface area (Å²) in [6, 6.07) is 19.0. The Morgan fingerprint density at radius 2 is 1.73 bits per heavy atom. The first kappa shape index (κ1) is 21.8. The molecule has 3 N–H and O–H groups in total. The molecule has 0 aliphatic carbocycles. The summed E-state index contributed by atoms with van der Waals surface area (Å²) in [7, 11) is 0. The standard InChI is InChI=1S/C25H32N4O/c1-6-20-12-14-21(15-13-20)24(17(2)3)26-16-23(30)27-25-18(4)28-29(19(25)5)22-10-8-7-9-11-22/h7-15,17,24,26H,6,16H2,1-5H3,(H,27,30)/p+1/t24-/m1/s1. The van der Waals surface area contributed by atoms with Crippen molar-refractivity contribution in [3.05, 3.63) is 77.1 Å². The van der Waals surface area contributed by atoms with E-state index in [-0.39, 0.29) is 11.9 Å². The average Bonchev–Trinajstić information content (AvgIpc) is 3.03. The van der Waals surface area contributed by atoms with Gasteiger partial charge in [-0.05, 0) is 38.0 Å². The Kier molecular flexibility index (Phi) is 7.06. The fourth-order valence-corrected chi connectivity index (χ4v) is 3.84. The monoisotopic (exact) mass is 405 g/mol. The van der Waals surface area contributed by atoms with E-state index in [4.69, 9.17) is 0 Å². The molecule has 30 heavy (non-hydrogen) atoms. The van der Waals surface area contributed by atoms with E-state index >= 15 is 0 Å². The topological polar surface area (TPSA) is 63.5 Å². The number of carbonyl (C=O) groups is 1. The lowest BCUT2D eigenvalue weighted by Crippen LogP contribution is -2.88. The molecule has 0 saturated carbocycles. The fourth-order valence-electron chi connectivity index (χ4n) is 3.84. The molecule has 0 unspecified atom stereocenters. The van der Waals surface area contributed by atoms with Crippen LogP contribution >= 0.6 is 0 Å². The van der Waals surface area contributed by atoms with Gasteiger partial charge in [0.1, 0.15) is 6.04 Å². The highest BCUT2D eigenvalue weighted by Gasteiger charge is 2.22. The number of amides is 1. The van der Waals surface area contributed by atoms with Gasteiger partial charge in [-0.3, -0.25) is 4.79 Å². The highest BCUT2D eigenvalue weighted by atomic mass is 16.1. The molecular formula is C25H33N4O+. The van der Waals surface area contributed by atoms with Crippen molar-refractivity contribution in [1.29, 1.82) is 0 Å². The van der Waals surface area contributed by atoms with Gasteiger partial charge in [0, 0.05) is 11.5 Å². The van der Waals surface area contributed by atoms with Crippen LogP contribution in [0.4, 0.5) is 5.69 Å². The first-order valence-electron chi connectivity index (χ1n) is 10.7. The first-order chi connectivity index (χ1) is 14.4. The van der Waals surface area contributed by atoms with Crippen molar-refractivity contribution >= 4 is 11.6 Å². The van der Waals surface area contributed by atoms with Crippen LogP contribution in [0.1, 0.15) is 49.3 Å². The summed E-state index contributed by atoms with van der Waals surface area (Å²) in [5.41, 5.74) is 6.13. The van der Waals surface area contributed by atoms with Crippen LogP contribution in [0.15, 0.2) is 54.6 Å². The molecule has 1 amide bonds. The van der Waals surface area contributed by atoms with E-state index in [1.807, 2.05) is 48.9 Å². The molecule has 3 aromatic rings. The van der Waals surface area contributed by atoms with Gasteiger partial charge >= 0.3 is 0 Å². The van der Waals surface area contributed by atoms with Crippen molar-refractivity contribution in [2.75, 3.05) is 11.9 Å². The van der Waals surface area contributed by atoms with E-state index < -0.39 is 0 Å². The van der Waals surface area contributed by atoms with Crippen LogP contribution in [0.3, 0.4) is 0 Å². The minimum absolute atomic E-state index is 0.00959. The molecular weight excluding hydrogens is 372 g/mol. The van der Waals surface area contributed by atoms with E-state index in [2.05, 4.69) is 60.8 Å². The summed E-state index contributed by atoms with van der Waals surface area (Å²) in [6.07, 6.45) is 1.04. The van der Waals surface area contributed by atoms with E-state index in [1.54, 1.807) is 0 Å². The van der Waals surface area contributed by atoms with Crippen LogP contribution in [0.2, 0.25) is 0 Å². The van der Waals surface area contributed by atoms with Crippen molar-refractivity contribution in [2.45, 2.75) is 47.1 Å². The number of rotatable bonds is 8. The third-order valence-electron chi connectivity index (χ3n) is 5.60. The zero-order valence-electron chi connectivity index (χ0n) is 18.6. The zero-order valence-corrected chi connectivity index (χ0v) is 18.6. The Morgan fingerprint density at radius 1 is 1.07 bits per heavy atom. The van der Waals surface area contributed by atoms with Gasteiger partial charge in [0.2, 0.25) is 0 Å². The molecule has 0 radical (unpaired) electrons. The molecule has 0 aliphatic heterocycles. The van der Waals surface area contributed by atoms with Gasteiger partial charge < -0.3 is 10.6 Å². The molecule has 2 aromatic carbocycles. The average molecular weight is 406 g/mol. The molecule has 1 aromatic heterocycles. The number of nitrogens with zero attached hydrogens (tertiary/aromatic N) is 2. The lowest BCUT2D eigenvalue weighted by molar-refractivity contribution is -0.692. The maximum Gasteiger partial charge on any atom is 0.279 e. The van der Waals surface area contributed by atoms with E-state index in [0.717, 1.165) is 29.2 Å². The van der Waals surface area contributed by atoms with E-state index in [0.29, 0.717) is 12.5 Å². The third kappa shape index (κ3) is 4.97. The normalized spacial score (nSPS) is 12.2. The number of quaternary nitrogens is 1. The molecule has 0 aliphatic rings. The predicted molar refractivity (Wildman–Crippen MR) is 122 cm³/mol. The molecule has 0 bridgehead atoms. The van der Waals surface area contributed by atoms with Crippen LogP contribution in [0, 0.1) is 19.8 Å². The van der Waals surface area contributed by atoms with Gasteiger partial charge in [-0.25, -0.2) is 4.68 Å². The number of nitrogens with two attached hydrogens (primary N) is 1. The number of aryl methyl sites for hydroxylation is 2. The van der Waals surface area contributed by atoms with E-state index in [9.17, 15) is 4.79 Å². The van der Waals surface area contributed by atoms with Gasteiger partial charge in [0.25, 0.3) is 5.91 Å². The lowest BCUT2D eigenvalue weighted by Gasteiger charge is -2.20. The van der Waals surface area contributed by atoms with Crippen molar-refractivity contribution in [3.8, 4) is 5.69 Å². The number of nitrogens with one attached hydrogen (secondary N) is 1. The zero-order chi connectivity index (χ0) is 21.7. The predicted octanol–water partition coefficient (Wildman–Crippen LogP) is 3.95. The minimum Gasteiger partial charge on any atom is -0.332 e. The quantitative estimate of drug-likeness (QED) is 0.596. The lowest BCUT2D eigenvalue weighted by atomic mass is 9.95. The maximum absolute atomic E-state index is 12.7. The summed E-state index contributed by atoms with van der Waals surface area (Å²) in [6.45, 7) is 10.8. The SMILES string of the molecule is CCc1ccc([C@H]([NH2+]CC(=O)Nc2c(C)nn(-c3ccccc3)c2C)C(C)C)cc1. The molecule has 1 heterocycles. The minimum atomic E-state index is -0.00959. The number of benzene rings is 2. The number of hydrogen-bond donors (Lipinski definition) is 2. The largest absolute Gasteiger partial charge is 0.332 e. The number of anilines is 1. The Balaban J connectivity index is 1.68. The molecule has 5 heteroatoms. The molecule has 0 fully saturated rings. The van der Waals surface area contributed by atoms with Crippen LogP contribution < -0.4 is 10.6 Å². The third-order valence-corrected chi connectivity index (χ3v) is 5.60. The molecule has 158 valence electrons.